The number of rotatable bonds is 10. The first kappa shape index (κ1) is 16.6. The Balaban J connectivity index is 2.04. The van der Waals surface area contributed by atoms with Crippen molar-refractivity contribution in [3.05, 3.63) is 35.9 Å². The average Bonchev–Trinajstić information content (AvgIpc) is 2.45. The highest BCUT2D eigenvalue weighted by Crippen LogP contribution is 2.02. The monoisotopic (exact) mass is 279 g/mol. The predicted molar refractivity (Wildman–Crippen MR) is 80.3 cm³/mol. The van der Waals surface area contributed by atoms with E-state index in [9.17, 15) is 4.79 Å². The maximum absolute atomic E-state index is 11.4. The van der Waals surface area contributed by atoms with Crippen LogP contribution >= 0.6 is 0 Å². The third-order valence-corrected chi connectivity index (χ3v) is 2.83. The molecule has 1 amide bonds. The summed E-state index contributed by atoms with van der Waals surface area (Å²) < 4.78 is 5.05. The molecule has 0 bridgehead atoms. The van der Waals surface area contributed by atoms with Gasteiger partial charge in [0.2, 0.25) is 5.91 Å². The van der Waals surface area contributed by atoms with Crippen LogP contribution < -0.4 is 11.1 Å². The Morgan fingerprint density at radius 1 is 1.35 bits per heavy atom. The summed E-state index contributed by atoms with van der Waals surface area (Å²) in [5.41, 5.74) is 6.57. The molecule has 0 spiro atoms. The average molecular weight is 279 g/mol. The van der Waals surface area contributed by atoms with Crippen molar-refractivity contribution in [2.75, 3.05) is 39.9 Å². The number of nitrogens with zero attached hydrogens (tertiary/aromatic N) is 1. The van der Waals surface area contributed by atoms with Crippen LogP contribution in [0.4, 0.5) is 0 Å². The van der Waals surface area contributed by atoms with Gasteiger partial charge in [-0.05, 0) is 25.6 Å². The summed E-state index contributed by atoms with van der Waals surface area (Å²) >= 11 is 0. The zero-order valence-electron chi connectivity index (χ0n) is 12.2. The molecule has 5 heteroatoms. The Morgan fingerprint density at radius 3 is 2.80 bits per heavy atom. The third-order valence-electron chi connectivity index (χ3n) is 2.83. The fourth-order valence-corrected chi connectivity index (χ4v) is 1.85. The van der Waals surface area contributed by atoms with Gasteiger partial charge in [0.05, 0.1) is 6.61 Å². The van der Waals surface area contributed by atoms with Gasteiger partial charge in [0.25, 0.3) is 0 Å². The van der Waals surface area contributed by atoms with Crippen molar-refractivity contribution in [1.29, 1.82) is 0 Å². The minimum atomic E-state index is -0.0795. The molecule has 1 rings (SSSR count). The van der Waals surface area contributed by atoms with Gasteiger partial charge in [-0.25, -0.2) is 0 Å². The molecule has 20 heavy (non-hydrogen) atoms. The number of nitrogens with one attached hydrogen (secondary N) is 1. The molecule has 3 N–H and O–H groups in total. The zero-order chi connectivity index (χ0) is 14.6. The lowest BCUT2D eigenvalue weighted by atomic mass is 10.2. The molecule has 0 atom stereocenters. The SMILES string of the molecule is CN(CCCNC(=O)COCCN)Cc1ccccc1. The Bertz CT molecular complexity index is 371. The highest BCUT2D eigenvalue weighted by Gasteiger charge is 2.02. The molecule has 112 valence electrons. The second-order valence-corrected chi connectivity index (χ2v) is 4.77. The minimum absolute atomic E-state index is 0.0795. The lowest BCUT2D eigenvalue weighted by molar-refractivity contribution is -0.125. The molecule has 0 aliphatic heterocycles. The number of ether oxygens (including phenoxy) is 1. The highest BCUT2D eigenvalue weighted by molar-refractivity contribution is 5.77. The summed E-state index contributed by atoms with van der Waals surface area (Å²) in [4.78, 5) is 13.6. The van der Waals surface area contributed by atoms with Gasteiger partial charge in [0.15, 0.2) is 0 Å². The van der Waals surface area contributed by atoms with Gasteiger partial charge in [0, 0.05) is 19.6 Å². The van der Waals surface area contributed by atoms with E-state index in [0.717, 1.165) is 19.5 Å². The molecular formula is C15H25N3O2. The van der Waals surface area contributed by atoms with Crippen molar-refractivity contribution in [1.82, 2.24) is 10.2 Å². The number of amides is 1. The van der Waals surface area contributed by atoms with Crippen LogP contribution in [0.25, 0.3) is 0 Å². The predicted octanol–water partition coefficient (Wildman–Crippen LogP) is 0.600. The van der Waals surface area contributed by atoms with Crippen molar-refractivity contribution < 1.29 is 9.53 Å². The molecule has 0 fully saturated rings. The van der Waals surface area contributed by atoms with Crippen LogP contribution in [0.15, 0.2) is 30.3 Å². The maximum atomic E-state index is 11.4. The fourth-order valence-electron chi connectivity index (χ4n) is 1.85. The van der Waals surface area contributed by atoms with Crippen molar-refractivity contribution in [2.45, 2.75) is 13.0 Å². The topological polar surface area (TPSA) is 67.6 Å². The molecule has 0 unspecified atom stereocenters. The summed E-state index contributed by atoms with van der Waals surface area (Å²) in [5, 5.41) is 2.83. The van der Waals surface area contributed by atoms with Crippen LogP contribution in [-0.2, 0) is 16.1 Å². The van der Waals surface area contributed by atoms with E-state index < -0.39 is 0 Å². The van der Waals surface area contributed by atoms with Crippen molar-refractivity contribution in [3.63, 3.8) is 0 Å². The Morgan fingerprint density at radius 2 is 2.10 bits per heavy atom. The highest BCUT2D eigenvalue weighted by atomic mass is 16.5. The normalized spacial score (nSPS) is 10.8. The molecule has 1 aromatic carbocycles. The molecule has 0 aliphatic carbocycles. The number of carbonyl (C=O) groups excluding carboxylic acids is 1. The van der Waals surface area contributed by atoms with E-state index in [0.29, 0.717) is 19.7 Å². The van der Waals surface area contributed by atoms with E-state index in [1.807, 2.05) is 18.2 Å². The summed E-state index contributed by atoms with van der Waals surface area (Å²) in [5.74, 6) is -0.0795. The summed E-state index contributed by atoms with van der Waals surface area (Å²) in [6, 6.07) is 10.3. The van der Waals surface area contributed by atoms with Gasteiger partial charge in [-0.2, -0.15) is 0 Å². The standard InChI is InChI=1S/C15H25N3O2/c1-18(12-14-6-3-2-4-7-14)10-5-9-17-15(19)13-20-11-8-16/h2-4,6-7H,5,8-13,16H2,1H3,(H,17,19). The number of benzene rings is 1. The first-order valence-corrected chi connectivity index (χ1v) is 6.99. The van der Waals surface area contributed by atoms with E-state index in [-0.39, 0.29) is 12.5 Å². The number of hydrogen-bond donors (Lipinski definition) is 2. The van der Waals surface area contributed by atoms with Gasteiger partial charge in [-0.15, -0.1) is 0 Å². The summed E-state index contributed by atoms with van der Waals surface area (Å²) in [6.45, 7) is 3.50. The number of hydrogen-bond acceptors (Lipinski definition) is 4. The fraction of sp³-hybridized carbons (Fsp3) is 0.533. The Kier molecular flexibility index (Phi) is 8.62. The van der Waals surface area contributed by atoms with Crippen LogP contribution in [0.5, 0.6) is 0 Å². The largest absolute Gasteiger partial charge is 0.370 e. The first-order valence-electron chi connectivity index (χ1n) is 6.99. The number of carbonyl (C=O) groups is 1. The summed E-state index contributed by atoms with van der Waals surface area (Å²) in [7, 11) is 2.08. The van der Waals surface area contributed by atoms with Crippen LogP contribution in [0, 0.1) is 0 Å². The van der Waals surface area contributed by atoms with Crippen molar-refractivity contribution in [2.24, 2.45) is 5.73 Å². The van der Waals surface area contributed by atoms with Gasteiger partial charge in [-0.3, -0.25) is 4.79 Å². The maximum Gasteiger partial charge on any atom is 0.245 e. The van der Waals surface area contributed by atoms with Crippen LogP contribution in [0.2, 0.25) is 0 Å². The van der Waals surface area contributed by atoms with Gasteiger partial charge < -0.3 is 20.7 Å². The molecular weight excluding hydrogens is 254 g/mol. The summed E-state index contributed by atoms with van der Waals surface area (Å²) in [6.07, 6.45) is 0.923. The van der Waals surface area contributed by atoms with Crippen LogP contribution in [0.3, 0.4) is 0 Å². The quantitative estimate of drug-likeness (QED) is 0.616. The third kappa shape index (κ3) is 7.89. The lowest BCUT2D eigenvalue weighted by Gasteiger charge is -2.16. The molecule has 1 aromatic rings. The first-order chi connectivity index (χ1) is 9.72. The van der Waals surface area contributed by atoms with Gasteiger partial charge >= 0.3 is 0 Å². The minimum Gasteiger partial charge on any atom is -0.370 e. The molecule has 0 heterocycles. The number of nitrogens with two attached hydrogens (primary N) is 1. The smallest absolute Gasteiger partial charge is 0.245 e. The van der Waals surface area contributed by atoms with E-state index in [2.05, 4.69) is 29.4 Å². The van der Waals surface area contributed by atoms with Crippen molar-refractivity contribution >= 4 is 5.91 Å². The Hall–Kier alpha value is -1.43. The molecule has 0 saturated heterocycles. The molecule has 5 nitrogen and oxygen atoms in total. The molecule has 0 aromatic heterocycles. The van der Waals surface area contributed by atoms with Gasteiger partial charge in [-0.1, -0.05) is 30.3 Å². The van der Waals surface area contributed by atoms with Crippen LogP contribution in [-0.4, -0.2) is 50.7 Å². The van der Waals surface area contributed by atoms with E-state index >= 15 is 0 Å². The second-order valence-electron chi connectivity index (χ2n) is 4.77. The Labute approximate surface area is 121 Å². The zero-order valence-corrected chi connectivity index (χ0v) is 12.2. The van der Waals surface area contributed by atoms with Crippen LogP contribution in [0.1, 0.15) is 12.0 Å². The molecule has 0 radical (unpaired) electrons. The van der Waals surface area contributed by atoms with E-state index in [1.165, 1.54) is 5.56 Å². The van der Waals surface area contributed by atoms with Crippen molar-refractivity contribution in [3.8, 4) is 0 Å². The van der Waals surface area contributed by atoms with E-state index in [1.54, 1.807) is 0 Å². The molecule has 0 aliphatic rings. The lowest BCUT2D eigenvalue weighted by Crippen LogP contribution is -2.31. The van der Waals surface area contributed by atoms with E-state index in [4.69, 9.17) is 10.5 Å². The molecule has 0 saturated carbocycles. The second kappa shape index (κ2) is 10.4. The van der Waals surface area contributed by atoms with Gasteiger partial charge in [0.1, 0.15) is 6.61 Å².